The van der Waals surface area contributed by atoms with Crippen LogP contribution in [0.1, 0.15) is 10.5 Å². The fraction of sp³-hybridized carbons (Fsp3) is 0.357. The minimum Gasteiger partial charge on any atom is -0.318 e. The molecule has 0 aliphatic carbocycles. The molecular weight excluding hydrogens is 384 g/mol. The molecule has 0 radical (unpaired) electrons. The maximum Gasteiger partial charge on any atom is 0.384 e. The molecule has 2 heterocycles. The third kappa shape index (κ3) is 4.24. The van der Waals surface area contributed by atoms with Crippen LogP contribution < -0.4 is 4.90 Å². The summed E-state index contributed by atoms with van der Waals surface area (Å²) in [6.07, 6.45) is 4.22. The average Bonchev–Trinajstić information content (AvgIpc) is 2.92. The molecule has 2 aromatic heterocycles. The summed E-state index contributed by atoms with van der Waals surface area (Å²) < 4.78 is 53.0. The van der Waals surface area contributed by atoms with Crippen molar-refractivity contribution in [2.24, 2.45) is 7.05 Å². The first kappa shape index (κ1) is 19.5. The number of carbonyl (C=O) groups excluding carboxylic acids is 1. The largest absolute Gasteiger partial charge is 0.384 e. The van der Waals surface area contributed by atoms with Crippen molar-refractivity contribution in [1.29, 1.82) is 0 Å². The fourth-order valence-electron chi connectivity index (χ4n) is 1.80. The molecule has 2 rings (SSSR count). The smallest absolute Gasteiger partial charge is 0.318 e. The Hall–Kier alpha value is -1.81. The SMILES string of the molecule is CN(C(=O)c1cnc(SCC(F)(F)C(F)(F)Cl)n1C)c1cccnc1. The van der Waals surface area contributed by atoms with Gasteiger partial charge in [0.15, 0.2) is 5.16 Å². The number of anilines is 1. The predicted molar refractivity (Wildman–Crippen MR) is 86.6 cm³/mol. The van der Waals surface area contributed by atoms with Gasteiger partial charge in [-0.1, -0.05) is 11.8 Å². The number of hydrogen-bond donors (Lipinski definition) is 0. The van der Waals surface area contributed by atoms with Gasteiger partial charge in [0, 0.05) is 20.3 Å². The van der Waals surface area contributed by atoms with E-state index in [9.17, 15) is 22.4 Å². The first-order chi connectivity index (χ1) is 11.5. The second-order valence-electron chi connectivity index (χ2n) is 5.05. The lowest BCUT2D eigenvalue weighted by atomic mass is 10.3. The Morgan fingerprint density at radius 1 is 1.36 bits per heavy atom. The summed E-state index contributed by atoms with van der Waals surface area (Å²) in [7, 11) is 2.94. The fourth-order valence-corrected chi connectivity index (χ4v) is 2.86. The highest BCUT2D eigenvalue weighted by molar-refractivity contribution is 7.99. The Morgan fingerprint density at radius 2 is 2.04 bits per heavy atom. The van der Waals surface area contributed by atoms with Crippen LogP contribution in [0.2, 0.25) is 0 Å². The summed E-state index contributed by atoms with van der Waals surface area (Å²) in [5, 5.41) is -4.67. The minimum absolute atomic E-state index is 0.0106. The van der Waals surface area contributed by atoms with Crippen molar-refractivity contribution in [2.45, 2.75) is 16.5 Å². The van der Waals surface area contributed by atoms with Crippen LogP contribution in [0, 0.1) is 0 Å². The number of thioether (sulfide) groups is 1. The van der Waals surface area contributed by atoms with Crippen molar-refractivity contribution in [2.75, 3.05) is 17.7 Å². The molecule has 0 saturated heterocycles. The first-order valence-electron chi connectivity index (χ1n) is 6.82. The van der Waals surface area contributed by atoms with Gasteiger partial charge in [0.05, 0.1) is 23.8 Å². The molecule has 5 nitrogen and oxygen atoms in total. The number of amides is 1. The van der Waals surface area contributed by atoms with Crippen LogP contribution in [0.15, 0.2) is 35.9 Å². The van der Waals surface area contributed by atoms with Gasteiger partial charge in [-0.3, -0.25) is 9.78 Å². The van der Waals surface area contributed by atoms with Crippen molar-refractivity contribution < 1.29 is 22.4 Å². The van der Waals surface area contributed by atoms with Crippen molar-refractivity contribution in [3.63, 3.8) is 0 Å². The Morgan fingerprint density at radius 3 is 2.60 bits per heavy atom. The highest BCUT2D eigenvalue weighted by Gasteiger charge is 2.54. The van der Waals surface area contributed by atoms with Gasteiger partial charge in [-0.15, -0.1) is 0 Å². The Kier molecular flexibility index (Phi) is 5.62. The molecule has 0 spiro atoms. The van der Waals surface area contributed by atoms with E-state index in [1.807, 2.05) is 0 Å². The number of alkyl halides is 5. The number of nitrogens with zero attached hydrogens (tertiary/aromatic N) is 4. The number of carbonyl (C=O) groups is 1. The van der Waals surface area contributed by atoms with E-state index in [1.54, 1.807) is 18.3 Å². The molecule has 0 N–H and O–H groups in total. The lowest BCUT2D eigenvalue weighted by Crippen LogP contribution is -2.37. The Balaban J connectivity index is 2.14. The second-order valence-corrected chi connectivity index (χ2v) is 6.47. The van der Waals surface area contributed by atoms with E-state index in [0.717, 1.165) is 0 Å². The zero-order valence-electron chi connectivity index (χ0n) is 13.1. The highest BCUT2D eigenvalue weighted by Crippen LogP contribution is 2.41. The van der Waals surface area contributed by atoms with Crippen molar-refractivity contribution in [3.05, 3.63) is 36.4 Å². The molecule has 0 aromatic carbocycles. The van der Waals surface area contributed by atoms with Crippen LogP contribution >= 0.6 is 23.4 Å². The van der Waals surface area contributed by atoms with Gasteiger partial charge in [-0.2, -0.15) is 17.6 Å². The van der Waals surface area contributed by atoms with E-state index >= 15 is 0 Å². The quantitative estimate of drug-likeness (QED) is 0.425. The minimum atomic E-state index is -4.66. The van der Waals surface area contributed by atoms with Gasteiger partial charge in [-0.05, 0) is 23.7 Å². The molecule has 1 amide bonds. The van der Waals surface area contributed by atoms with E-state index in [1.165, 1.54) is 36.0 Å². The Bertz CT molecular complexity index is 751. The molecular formula is C14H13ClF4N4OS. The van der Waals surface area contributed by atoms with E-state index in [0.29, 0.717) is 17.4 Å². The Labute approximate surface area is 150 Å². The first-order valence-corrected chi connectivity index (χ1v) is 8.18. The van der Waals surface area contributed by atoms with Gasteiger partial charge in [0.1, 0.15) is 5.69 Å². The molecule has 136 valence electrons. The topological polar surface area (TPSA) is 51.0 Å². The molecule has 0 atom stereocenters. The number of hydrogen-bond acceptors (Lipinski definition) is 4. The average molecular weight is 397 g/mol. The number of rotatable bonds is 6. The summed E-state index contributed by atoms with van der Waals surface area (Å²) >= 11 is 4.79. The van der Waals surface area contributed by atoms with E-state index in [2.05, 4.69) is 21.6 Å². The van der Waals surface area contributed by atoms with Gasteiger partial charge in [0.25, 0.3) is 5.91 Å². The van der Waals surface area contributed by atoms with Crippen LogP contribution in [-0.4, -0.2) is 44.5 Å². The van der Waals surface area contributed by atoms with E-state index in [-0.39, 0.29) is 10.9 Å². The standard InChI is InChI=1S/C14H13ClF4N4OS/c1-22(9-4-3-5-20-6-9)11(24)10-7-21-12(23(10)2)25-8-13(16,17)14(15,18)19/h3-7H,8H2,1-2H3. The van der Waals surface area contributed by atoms with E-state index in [4.69, 9.17) is 0 Å². The van der Waals surface area contributed by atoms with Crippen LogP contribution in [0.3, 0.4) is 0 Å². The normalized spacial score (nSPS) is 12.3. The summed E-state index contributed by atoms with van der Waals surface area (Å²) in [5.74, 6) is -6.15. The zero-order chi connectivity index (χ0) is 18.8. The number of aromatic nitrogens is 3. The van der Waals surface area contributed by atoms with Crippen molar-refractivity contribution in [3.8, 4) is 0 Å². The monoisotopic (exact) mass is 396 g/mol. The van der Waals surface area contributed by atoms with Gasteiger partial charge in [0.2, 0.25) is 0 Å². The maximum atomic E-state index is 13.2. The number of pyridine rings is 1. The van der Waals surface area contributed by atoms with E-state index < -0.39 is 23.0 Å². The molecule has 0 aliphatic rings. The molecule has 25 heavy (non-hydrogen) atoms. The third-order valence-electron chi connectivity index (χ3n) is 3.30. The molecule has 0 unspecified atom stereocenters. The highest BCUT2D eigenvalue weighted by atomic mass is 35.5. The maximum absolute atomic E-state index is 13.2. The summed E-state index contributed by atoms with van der Waals surface area (Å²) in [6, 6.07) is 3.32. The van der Waals surface area contributed by atoms with Crippen LogP contribution in [-0.2, 0) is 7.05 Å². The van der Waals surface area contributed by atoms with Gasteiger partial charge < -0.3 is 9.47 Å². The van der Waals surface area contributed by atoms with Crippen LogP contribution in [0.5, 0.6) is 0 Å². The lowest BCUT2D eigenvalue weighted by Gasteiger charge is -2.20. The second kappa shape index (κ2) is 7.20. The molecule has 11 heteroatoms. The summed E-state index contributed by atoms with van der Waals surface area (Å²) in [4.78, 5) is 21.5. The van der Waals surface area contributed by atoms with Crippen molar-refractivity contribution in [1.82, 2.24) is 14.5 Å². The molecule has 2 aromatic rings. The number of halogens is 5. The zero-order valence-corrected chi connectivity index (χ0v) is 14.7. The lowest BCUT2D eigenvalue weighted by molar-refractivity contribution is -0.140. The summed E-state index contributed by atoms with van der Waals surface area (Å²) in [5.41, 5.74) is 0.631. The van der Waals surface area contributed by atoms with Crippen molar-refractivity contribution >= 4 is 35.0 Å². The predicted octanol–water partition coefficient (Wildman–Crippen LogP) is 3.65. The third-order valence-corrected chi connectivity index (χ3v) is 4.72. The summed E-state index contributed by atoms with van der Waals surface area (Å²) in [6.45, 7) is 0. The molecule has 0 saturated carbocycles. The van der Waals surface area contributed by atoms with Crippen LogP contribution in [0.25, 0.3) is 0 Å². The van der Waals surface area contributed by atoms with Crippen LogP contribution in [0.4, 0.5) is 23.2 Å². The number of imidazole rings is 1. The molecule has 0 fully saturated rings. The molecule has 0 aliphatic heterocycles. The van der Waals surface area contributed by atoms with Gasteiger partial charge >= 0.3 is 11.3 Å². The van der Waals surface area contributed by atoms with Gasteiger partial charge in [-0.25, -0.2) is 4.98 Å². The molecule has 0 bridgehead atoms.